The molecule has 0 aliphatic rings. The molecule has 0 spiro atoms. The number of hydrogen-bond donors (Lipinski definition) is 2. The largest absolute Gasteiger partial charge is 0.508 e. The molecule has 0 radical (unpaired) electrons. The summed E-state index contributed by atoms with van der Waals surface area (Å²) < 4.78 is 58.6. The van der Waals surface area contributed by atoms with Gasteiger partial charge >= 0.3 is 0 Å². The van der Waals surface area contributed by atoms with E-state index in [1.807, 2.05) is 13.8 Å². The third-order valence-corrected chi connectivity index (χ3v) is 5.19. The van der Waals surface area contributed by atoms with Gasteiger partial charge in [0.25, 0.3) is 18.8 Å². The second kappa shape index (κ2) is 9.23. The van der Waals surface area contributed by atoms with Gasteiger partial charge in [0, 0.05) is 5.69 Å². The first kappa shape index (κ1) is 23.6. The predicted octanol–water partition coefficient (Wildman–Crippen LogP) is 6.44. The molecule has 2 heterocycles. The van der Waals surface area contributed by atoms with Crippen molar-refractivity contribution in [3.8, 4) is 5.75 Å². The number of amides is 1. The third-order valence-electron chi connectivity index (χ3n) is 4.80. The van der Waals surface area contributed by atoms with E-state index >= 15 is 0 Å². The number of phenolic OH excluding ortho intramolecular Hbond substituents is 1. The van der Waals surface area contributed by atoms with Gasteiger partial charge in [0.2, 0.25) is 0 Å². The van der Waals surface area contributed by atoms with Crippen LogP contribution in [0.3, 0.4) is 0 Å². The second-order valence-electron chi connectivity index (χ2n) is 7.44. The molecule has 11 heteroatoms. The number of anilines is 1. The van der Waals surface area contributed by atoms with Crippen LogP contribution in [0.5, 0.6) is 5.75 Å². The SMILES string of the molecule is Cc1cc(O)c(C(C)C)cc1NC(=O)c1ccc(Cn2nc(C(F)F)c(Cl)c2C(F)F)o1. The molecule has 0 atom stereocenters. The van der Waals surface area contributed by atoms with Crippen LogP contribution >= 0.6 is 11.6 Å². The summed E-state index contributed by atoms with van der Waals surface area (Å²) in [6, 6.07) is 5.87. The first-order valence-corrected chi connectivity index (χ1v) is 9.93. The first-order chi connectivity index (χ1) is 15.0. The second-order valence-corrected chi connectivity index (χ2v) is 7.82. The molecule has 1 aromatic carbocycles. The maximum absolute atomic E-state index is 13.3. The Kier molecular flexibility index (Phi) is 6.82. The Balaban J connectivity index is 1.82. The summed E-state index contributed by atoms with van der Waals surface area (Å²) in [6.07, 6.45) is -6.25. The fourth-order valence-corrected chi connectivity index (χ4v) is 3.46. The van der Waals surface area contributed by atoms with Crippen molar-refractivity contribution in [3.63, 3.8) is 0 Å². The van der Waals surface area contributed by atoms with Gasteiger partial charge in [-0.1, -0.05) is 25.4 Å². The van der Waals surface area contributed by atoms with Crippen molar-refractivity contribution < 1.29 is 31.9 Å². The van der Waals surface area contributed by atoms with Gasteiger partial charge in [0.1, 0.15) is 22.9 Å². The van der Waals surface area contributed by atoms with E-state index in [2.05, 4.69) is 10.4 Å². The fourth-order valence-electron chi connectivity index (χ4n) is 3.16. The first-order valence-electron chi connectivity index (χ1n) is 9.55. The number of carbonyl (C=O) groups excluding carboxylic acids is 1. The predicted molar refractivity (Wildman–Crippen MR) is 110 cm³/mol. The molecule has 32 heavy (non-hydrogen) atoms. The molecule has 2 aromatic heterocycles. The molecular weight excluding hydrogens is 454 g/mol. The minimum Gasteiger partial charge on any atom is -0.508 e. The van der Waals surface area contributed by atoms with Crippen LogP contribution in [0.25, 0.3) is 0 Å². The van der Waals surface area contributed by atoms with Gasteiger partial charge in [-0.3, -0.25) is 9.48 Å². The minimum absolute atomic E-state index is 0.0181. The van der Waals surface area contributed by atoms with Crippen LogP contribution in [0.15, 0.2) is 28.7 Å². The zero-order valence-corrected chi connectivity index (χ0v) is 18.1. The highest BCUT2D eigenvalue weighted by molar-refractivity contribution is 6.32. The summed E-state index contributed by atoms with van der Waals surface area (Å²) in [6.45, 7) is 5.07. The smallest absolute Gasteiger partial charge is 0.291 e. The van der Waals surface area contributed by atoms with E-state index < -0.39 is 41.7 Å². The topological polar surface area (TPSA) is 80.3 Å². The number of rotatable bonds is 7. The summed E-state index contributed by atoms with van der Waals surface area (Å²) in [4.78, 5) is 12.6. The van der Waals surface area contributed by atoms with Crippen molar-refractivity contribution in [1.29, 1.82) is 0 Å². The number of aryl methyl sites for hydroxylation is 1. The highest BCUT2D eigenvalue weighted by Gasteiger charge is 2.28. The van der Waals surface area contributed by atoms with Gasteiger partial charge < -0.3 is 14.8 Å². The van der Waals surface area contributed by atoms with Gasteiger partial charge in [-0.05, 0) is 48.2 Å². The van der Waals surface area contributed by atoms with Gasteiger partial charge in [0.15, 0.2) is 5.76 Å². The van der Waals surface area contributed by atoms with Crippen LogP contribution in [-0.4, -0.2) is 20.8 Å². The van der Waals surface area contributed by atoms with E-state index in [4.69, 9.17) is 16.0 Å². The molecule has 0 saturated heterocycles. The van der Waals surface area contributed by atoms with Crippen LogP contribution in [0.1, 0.15) is 71.4 Å². The molecule has 0 saturated carbocycles. The monoisotopic (exact) mass is 473 g/mol. The molecule has 6 nitrogen and oxygen atoms in total. The molecule has 3 aromatic rings. The Labute approximate surface area is 185 Å². The molecule has 0 aliphatic carbocycles. The van der Waals surface area contributed by atoms with Crippen molar-refractivity contribution in [2.75, 3.05) is 5.32 Å². The van der Waals surface area contributed by atoms with Gasteiger partial charge in [-0.25, -0.2) is 17.6 Å². The molecule has 172 valence electrons. The third kappa shape index (κ3) is 4.74. The van der Waals surface area contributed by atoms with Crippen LogP contribution in [-0.2, 0) is 6.54 Å². The van der Waals surface area contributed by atoms with Crippen LogP contribution in [0.2, 0.25) is 5.02 Å². The van der Waals surface area contributed by atoms with Gasteiger partial charge in [-0.15, -0.1) is 0 Å². The Hall–Kier alpha value is -3.01. The van der Waals surface area contributed by atoms with Crippen molar-refractivity contribution in [2.24, 2.45) is 0 Å². The Morgan fingerprint density at radius 3 is 2.50 bits per heavy atom. The lowest BCUT2D eigenvalue weighted by atomic mass is 9.99. The maximum Gasteiger partial charge on any atom is 0.291 e. The highest BCUT2D eigenvalue weighted by Crippen LogP contribution is 2.35. The van der Waals surface area contributed by atoms with E-state index in [1.54, 1.807) is 13.0 Å². The molecule has 0 unspecified atom stereocenters. The molecule has 1 amide bonds. The number of aromatic nitrogens is 2. The lowest BCUT2D eigenvalue weighted by molar-refractivity contribution is 0.0993. The quantitative estimate of drug-likeness (QED) is 0.305. The van der Waals surface area contributed by atoms with E-state index in [1.165, 1.54) is 18.2 Å². The standard InChI is InChI=1S/C21H20ClF4N3O3/c1-9(2)12-7-13(10(3)6-14(12)30)27-21(31)15-5-4-11(32-15)8-29-18(20(25)26)16(22)17(28-29)19(23)24/h4-7,9,19-20,30H,8H2,1-3H3,(H,27,31). The number of furan rings is 1. The van der Waals surface area contributed by atoms with Crippen LogP contribution in [0, 0.1) is 6.92 Å². The van der Waals surface area contributed by atoms with Crippen molar-refractivity contribution in [1.82, 2.24) is 9.78 Å². The van der Waals surface area contributed by atoms with E-state index in [-0.39, 0.29) is 23.2 Å². The average molecular weight is 474 g/mol. The number of nitrogens with zero attached hydrogens (tertiary/aromatic N) is 2. The lowest BCUT2D eigenvalue weighted by Crippen LogP contribution is -2.12. The van der Waals surface area contributed by atoms with E-state index in [0.717, 1.165) is 0 Å². The molecule has 0 aliphatic heterocycles. The van der Waals surface area contributed by atoms with Crippen LogP contribution < -0.4 is 5.32 Å². The zero-order chi connectivity index (χ0) is 23.7. The Bertz CT molecular complexity index is 1140. The molecule has 3 rings (SSSR count). The number of benzene rings is 1. The highest BCUT2D eigenvalue weighted by atomic mass is 35.5. The normalized spacial score (nSPS) is 11.7. The number of hydrogen-bond acceptors (Lipinski definition) is 4. The summed E-state index contributed by atoms with van der Waals surface area (Å²) in [7, 11) is 0. The Morgan fingerprint density at radius 2 is 1.91 bits per heavy atom. The number of alkyl halides is 4. The van der Waals surface area contributed by atoms with Crippen molar-refractivity contribution >= 4 is 23.2 Å². The average Bonchev–Trinajstić information content (AvgIpc) is 3.28. The molecule has 0 fully saturated rings. The number of phenols is 1. The number of carbonyl (C=O) groups is 1. The summed E-state index contributed by atoms with van der Waals surface area (Å²) in [5.74, 6) is -0.552. The van der Waals surface area contributed by atoms with Gasteiger partial charge in [-0.2, -0.15) is 5.10 Å². The van der Waals surface area contributed by atoms with Crippen molar-refractivity contribution in [3.05, 3.63) is 63.3 Å². The summed E-state index contributed by atoms with van der Waals surface area (Å²) >= 11 is 5.64. The van der Waals surface area contributed by atoms with E-state index in [0.29, 0.717) is 21.5 Å². The van der Waals surface area contributed by atoms with Gasteiger partial charge in [0.05, 0.1) is 11.6 Å². The summed E-state index contributed by atoms with van der Waals surface area (Å²) in [5.41, 5.74) is -0.0642. The molecule has 2 N–H and O–H groups in total. The number of aromatic hydroxyl groups is 1. The summed E-state index contributed by atoms with van der Waals surface area (Å²) in [5, 5.41) is 15.4. The minimum atomic E-state index is -3.13. The lowest BCUT2D eigenvalue weighted by Gasteiger charge is -2.14. The van der Waals surface area contributed by atoms with E-state index in [9.17, 15) is 27.5 Å². The number of halogens is 5. The Morgan fingerprint density at radius 1 is 1.22 bits per heavy atom. The van der Waals surface area contributed by atoms with Crippen molar-refractivity contribution in [2.45, 2.75) is 46.1 Å². The molecule has 0 bridgehead atoms. The molecular formula is C21H20ClF4N3O3. The number of nitrogens with one attached hydrogen (secondary N) is 1. The maximum atomic E-state index is 13.3. The van der Waals surface area contributed by atoms with Crippen LogP contribution in [0.4, 0.5) is 23.2 Å². The fraction of sp³-hybridized carbons (Fsp3) is 0.333. The zero-order valence-electron chi connectivity index (χ0n) is 17.3.